The quantitative estimate of drug-likeness (QED) is 0.0421. The summed E-state index contributed by atoms with van der Waals surface area (Å²) in [7, 11) is 1.65. The molecule has 0 aliphatic carbocycles. The Kier molecular flexibility index (Phi) is 19.1. The molecule has 0 N–H and O–H groups in total. The summed E-state index contributed by atoms with van der Waals surface area (Å²) in [5.41, 5.74) is 6.66. The van der Waals surface area contributed by atoms with E-state index < -0.39 is 28.2 Å². The van der Waals surface area contributed by atoms with Crippen molar-refractivity contribution in [3.8, 4) is 28.7 Å². The van der Waals surface area contributed by atoms with Gasteiger partial charge in [-0.05, 0) is 76.3 Å². The molecule has 0 radical (unpaired) electrons. The normalized spacial score (nSPS) is 17.7. The molecule has 0 bridgehead atoms. The van der Waals surface area contributed by atoms with Crippen LogP contribution in [0.4, 0.5) is 21.9 Å². The van der Waals surface area contributed by atoms with E-state index >= 15 is 0 Å². The fraction of sp³-hybridized carbons (Fsp3) is 0.409. The maximum atomic E-state index is 14.9. The third-order valence-electron chi connectivity index (χ3n) is 16.3. The van der Waals surface area contributed by atoms with Crippen molar-refractivity contribution >= 4 is 74.1 Å². The van der Waals surface area contributed by atoms with E-state index in [1.54, 1.807) is 58.5 Å². The van der Waals surface area contributed by atoms with Crippen molar-refractivity contribution < 1.29 is 61.9 Å². The molecule has 1 fully saturated rings. The number of rotatable bonds is 24. The fourth-order valence-corrected chi connectivity index (χ4v) is 12.7. The number of nitrogens with zero attached hydrogens (tertiary/aromatic N) is 6. The van der Waals surface area contributed by atoms with Crippen LogP contribution in [0.3, 0.4) is 0 Å². The predicted molar refractivity (Wildman–Crippen MR) is 339 cm³/mol. The highest BCUT2D eigenvalue weighted by Crippen LogP contribution is 2.44. The van der Waals surface area contributed by atoms with Gasteiger partial charge in [0.2, 0.25) is 0 Å². The van der Waals surface area contributed by atoms with E-state index in [2.05, 4.69) is 44.2 Å². The van der Waals surface area contributed by atoms with Gasteiger partial charge in [0.15, 0.2) is 23.0 Å². The molecular formula is C66H80N6O13Si2. The molecular weight excluding hydrogens is 1140 g/mol. The number of fused-ring (bicyclic) bond motifs is 4. The number of hydrogen-bond acceptors (Lipinski definition) is 14. The Hall–Kier alpha value is -8.12. The van der Waals surface area contributed by atoms with E-state index in [9.17, 15) is 24.0 Å². The number of carbonyl (C=O) groups excluding carboxylic acids is 5. The summed E-state index contributed by atoms with van der Waals surface area (Å²) in [6.07, 6.45) is 4.20. The van der Waals surface area contributed by atoms with Gasteiger partial charge < -0.3 is 57.5 Å². The van der Waals surface area contributed by atoms with Gasteiger partial charge in [-0.25, -0.2) is 4.79 Å². The molecule has 0 saturated carbocycles. The molecule has 87 heavy (non-hydrogen) atoms. The van der Waals surface area contributed by atoms with Crippen LogP contribution in [0.15, 0.2) is 116 Å². The summed E-state index contributed by atoms with van der Waals surface area (Å²) < 4.78 is 47.9. The first-order chi connectivity index (χ1) is 41.8. The average molecular weight is 1220 g/mol. The van der Waals surface area contributed by atoms with Crippen molar-refractivity contribution in [1.82, 2.24) is 14.7 Å². The Morgan fingerprint density at radius 1 is 0.540 bits per heavy atom. The van der Waals surface area contributed by atoms with Gasteiger partial charge in [-0.2, -0.15) is 0 Å². The molecule has 19 nitrogen and oxygen atoms in total. The van der Waals surface area contributed by atoms with Crippen LogP contribution in [0.2, 0.25) is 51.4 Å². The van der Waals surface area contributed by atoms with Gasteiger partial charge in [-0.15, -0.1) is 0 Å². The SMILES string of the molecule is COc1ccc(C2=CN3C(=O)c4cc(OC)c(OCCCOc5cc6c(cc5OC)C(=O)N5C=C(c7ccc(N8CCN(C(=O)OCc9ccccc9)CC8)cc7)C[C@H]5C(=O)N6COCC[Si](C)(C)C)cc4N(COCC[Si](C)(C)C)C(=O)[C@@H]3C2)cc1. The van der Waals surface area contributed by atoms with Crippen LogP contribution in [0.25, 0.3) is 11.1 Å². The Morgan fingerprint density at radius 3 is 1.46 bits per heavy atom. The number of piperazine rings is 1. The number of amides is 5. The highest BCUT2D eigenvalue weighted by Gasteiger charge is 2.45. The Labute approximate surface area is 511 Å². The van der Waals surface area contributed by atoms with E-state index in [1.807, 2.05) is 78.9 Å². The van der Waals surface area contributed by atoms with Crippen LogP contribution < -0.4 is 38.4 Å². The first kappa shape index (κ1) is 62.0. The highest BCUT2D eigenvalue weighted by atomic mass is 28.3. The minimum Gasteiger partial charge on any atom is -0.497 e. The van der Waals surface area contributed by atoms with E-state index in [0.29, 0.717) is 98.8 Å². The second kappa shape index (κ2) is 26.9. The van der Waals surface area contributed by atoms with Crippen LogP contribution in [0, 0.1) is 0 Å². The molecule has 0 aromatic heterocycles. The maximum Gasteiger partial charge on any atom is 0.410 e. The average Bonchev–Trinajstić information content (AvgIpc) is 2.00. The van der Waals surface area contributed by atoms with Gasteiger partial charge >= 0.3 is 6.09 Å². The zero-order chi connectivity index (χ0) is 61.6. The zero-order valence-electron chi connectivity index (χ0n) is 51.4. The lowest BCUT2D eigenvalue weighted by Crippen LogP contribution is -2.48. The fourth-order valence-electron chi connectivity index (χ4n) is 11.1. The van der Waals surface area contributed by atoms with Gasteiger partial charge in [0.1, 0.15) is 37.9 Å². The highest BCUT2D eigenvalue weighted by molar-refractivity contribution is 6.76. The molecule has 5 aliphatic heterocycles. The molecule has 5 aromatic rings. The Balaban J connectivity index is 0.828. The molecule has 5 aliphatic rings. The van der Waals surface area contributed by atoms with E-state index in [0.717, 1.165) is 45.6 Å². The van der Waals surface area contributed by atoms with Crippen molar-refractivity contribution in [3.63, 3.8) is 0 Å². The van der Waals surface area contributed by atoms with E-state index in [4.69, 9.17) is 37.9 Å². The topological polar surface area (TPSA) is 179 Å². The summed E-state index contributed by atoms with van der Waals surface area (Å²) >= 11 is 0. The second-order valence-electron chi connectivity index (χ2n) is 24.8. The van der Waals surface area contributed by atoms with E-state index in [-0.39, 0.29) is 74.1 Å². The number of benzene rings is 5. The van der Waals surface area contributed by atoms with Crippen molar-refractivity contribution in [1.29, 1.82) is 0 Å². The number of ether oxygens (including phenoxy) is 8. The van der Waals surface area contributed by atoms with Crippen molar-refractivity contribution in [2.45, 2.75) is 89.3 Å². The molecule has 460 valence electrons. The molecule has 5 heterocycles. The van der Waals surface area contributed by atoms with Gasteiger partial charge in [-0.3, -0.25) is 29.0 Å². The standard InChI is InChI=1S/C66H80N6O13Si2/c1-78-51-22-18-47(19-23-51)49-35-57-65(76)72(44-82-31-33-87(7,8)9)55-39-61(59(80-3)37-53(55)63(74)70(57)41-49)84-29-13-28-83-60-38-54-52(36-58(60)79-2)62(73)69-40-48(34-56(69)64(75)71(54)43-81-30-32-86(4,5)6)46-16-20-50(21-17-46)67-24-26-68(27-25-67)66(77)85-42-45-14-11-10-12-15-45/h10-12,14-23,36-41,56-57H,13,24-35,42-44H2,1-9H3/t56-,57-/m0/s1. The molecule has 1 saturated heterocycles. The largest absolute Gasteiger partial charge is 0.497 e. The molecule has 10 rings (SSSR count). The number of anilines is 3. The van der Waals surface area contributed by atoms with Crippen LogP contribution in [-0.2, 0) is 30.4 Å². The lowest BCUT2D eigenvalue weighted by Gasteiger charge is -2.35. The molecule has 5 aromatic carbocycles. The van der Waals surface area contributed by atoms with Crippen LogP contribution in [0.5, 0.6) is 28.7 Å². The minimum absolute atomic E-state index is 0.0577. The smallest absolute Gasteiger partial charge is 0.410 e. The monoisotopic (exact) mass is 1220 g/mol. The van der Waals surface area contributed by atoms with Crippen molar-refractivity contribution in [2.75, 3.05) is 102 Å². The van der Waals surface area contributed by atoms with Gasteiger partial charge in [-0.1, -0.05) is 93.9 Å². The van der Waals surface area contributed by atoms with Gasteiger partial charge in [0.25, 0.3) is 23.6 Å². The summed E-state index contributed by atoms with van der Waals surface area (Å²) in [5.74, 6) is 0.694. The molecule has 5 amide bonds. The van der Waals surface area contributed by atoms with Crippen LogP contribution in [-0.4, -0.2) is 160 Å². The number of methoxy groups -OCH3 is 3. The third-order valence-corrected chi connectivity index (χ3v) is 19.7. The lowest BCUT2D eigenvalue weighted by atomic mass is 10.0. The summed E-state index contributed by atoms with van der Waals surface area (Å²) in [5, 5.41) is 0. The van der Waals surface area contributed by atoms with Crippen molar-refractivity contribution in [2.24, 2.45) is 0 Å². The second-order valence-corrected chi connectivity index (χ2v) is 36.0. The first-order valence-corrected chi connectivity index (χ1v) is 37.2. The third kappa shape index (κ3) is 14.3. The van der Waals surface area contributed by atoms with Crippen molar-refractivity contribution in [3.05, 3.63) is 143 Å². The Bertz CT molecular complexity index is 3400. The molecule has 0 spiro atoms. The minimum atomic E-state index is -1.49. The number of hydrogen-bond donors (Lipinski definition) is 0. The predicted octanol–water partition coefficient (Wildman–Crippen LogP) is 10.8. The summed E-state index contributed by atoms with van der Waals surface area (Å²) in [6, 6.07) is 32.1. The molecule has 0 unspecified atom stereocenters. The summed E-state index contributed by atoms with van der Waals surface area (Å²) in [4.78, 5) is 82.0. The van der Waals surface area contributed by atoms with Gasteiger partial charge in [0.05, 0.1) is 57.0 Å². The first-order valence-electron chi connectivity index (χ1n) is 29.8. The molecule has 21 heteroatoms. The Morgan fingerprint density at radius 2 is 1.01 bits per heavy atom. The van der Waals surface area contributed by atoms with E-state index in [1.165, 1.54) is 24.0 Å². The number of carbonyl (C=O) groups is 5. The van der Waals surface area contributed by atoms with Crippen LogP contribution >= 0.6 is 0 Å². The van der Waals surface area contributed by atoms with Gasteiger partial charge in [0, 0.05) is 105 Å². The maximum absolute atomic E-state index is 14.9. The van der Waals surface area contributed by atoms with Crippen LogP contribution in [0.1, 0.15) is 56.7 Å². The lowest BCUT2D eigenvalue weighted by molar-refractivity contribution is -0.123. The zero-order valence-corrected chi connectivity index (χ0v) is 53.4. The molecule has 2 atom stereocenters. The summed E-state index contributed by atoms with van der Waals surface area (Å²) in [6.45, 7) is 17.2.